The van der Waals surface area contributed by atoms with Gasteiger partial charge in [0.1, 0.15) is 6.04 Å². The van der Waals surface area contributed by atoms with E-state index in [1.54, 1.807) is 18.9 Å². The average molecular weight is 574 g/mol. The lowest BCUT2D eigenvalue weighted by molar-refractivity contribution is -0.155. The quantitative estimate of drug-likeness (QED) is 0.164. The molecule has 0 saturated heterocycles. The lowest BCUT2D eigenvalue weighted by Crippen LogP contribution is -2.64. The molecule has 1 aromatic carbocycles. The number of aliphatic hydroxyl groups is 1. The topological polar surface area (TPSA) is 140 Å². The van der Waals surface area contributed by atoms with Crippen LogP contribution < -0.4 is 21.4 Å². The highest BCUT2D eigenvalue weighted by atomic mass is 32.1. The number of thiophene rings is 1. The lowest BCUT2D eigenvalue weighted by atomic mass is 9.97. The van der Waals surface area contributed by atoms with Crippen LogP contribution >= 0.6 is 11.3 Å². The van der Waals surface area contributed by atoms with Crippen molar-refractivity contribution in [2.24, 2.45) is 11.8 Å². The third kappa shape index (κ3) is 10.4. The van der Waals surface area contributed by atoms with Crippen LogP contribution in [0.2, 0.25) is 0 Å². The average Bonchev–Trinajstić information content (AvgIpc) is 3.38. The van der Waals surface area contributed by atoms with Crippen LogP contribution in [0.15, 0.2) is 47.8 Å². The largest absolute Gasteiger partial charge is 0.363 e. The maximum Gasteiger partial charge on any atom is 0.273 e. The first-order valence-corrected chi connectivity index (χ1v) is 14.4. The summed E-state index contributed by atoms with van der Waals surface area (Å²) in [7, 11) is 0. The van der Waals surface area contributed by atoms with Gasteiger partial charge in [-0.15, -0.1) is 11.3 Å². The number of carbonyl (C=O) groups is 4. The SMILES string of the molecule is CC(=O)N[C@H](C(=O)NN(Cc1cccs1)C[C@H](CCc1ccccc1)NC(=O)[C@@](O)(NC(C)=O)C(C)C)C(C)C. The minimum atomic E-state index is -2.10. The van der Waals surface area contributed by atoms with Gasteiger partial charge in [-0.3, -0.25) is 24.6 Å². The molecule has 11 heteroatoms. The summed E-state index contributed by atoms with van der Waals surface area (Å²) in [5.41, 5.74) is 1.91. The smallest absolute Gasteiger partial charge is 0.273 e. The number of aryl methyl sites for hydroxylation is 1. The van der Waals surface area contributed by atoms with Crippen LogP contribution in [0.1, 0.15) is 58.4 Å². The molecule has 0 aliphatic heterocycles. The molecular weight excluding hydrogens is 530 g/mol. The minimum absolute atomic E-state index is 0.153. The number of carbonyl (C=O) groups excluding carboxylic acids is 4. The van der Waals surface area contributed by atoms with E-state index in [2.05, 4.69) is 21.4 Å². The van der Waals surface area contributed by atoms with Crippen molar-refractivity contribution < 1.29 is 24.3 Å². The van der Waals surface area contributed by atoms with Crippen molar-refractivity contribution in [2.75, 3.05) is 6.54 Å². The molecule has 10 nitrogen and oxygen atoms in total. The summed E-state index contributed by atoms with van der Waals surface area (Å²) in [5, 5.41) is 22.8. The lowest BCUT2D eigenvalue weighted by Gasteiger charge is -2.35. The first kappa shape index (κ1) is 32.9. The molecule has 0 aliphatic rings. The molecule has 220 valence electrons. The molecule has 0 saturated carbocycles. The van der Waals surface area contributed by atoms with Crippen LogP contribution in [0.4, 0.5) is 0 Å². The standard InChI is InChI=1S/C29H43N5O5S/c1-19(2)26(30-21(5)35)27(37)33-34(18-25-13-10-16-40-25)17-24(15-14-23-11-8-7-9-12-23)31-28(38)29(39,20(3)4)32-22(6)36/h7-13,16,19-20,24,26,39H,14-15,17-18H2,1-6H3,(H,30,35)(H,31,38)(H,32,36)(H,33,37)/t24-,26-,29+/m0/s1. The fourth-order valence-corrected chi connectivity index (χ4v) is 4.93. The maximum absolute atomic E-state index is 13.4. The van der Waals surface area contributed by atoms with Gasteiger partial charge in [0.2, 0.25) is 17.5 Å². The second-order valence-electron chi connectivity index (χ2n) is 10.7. The van der Waals surface area contributed by atoms with Crippen molar-refractivity contribution in [2.45, 2.75) is 78.7 Å². The normalized spacial score (nSPS) is 14.3. The van der Waals surface area contributed by atoms with Gasteiger partial charge in [-0.25, -0.2) is 5.01 Å². The summed E-state index contributed by atoms with van der Waals surface area (Å²) in [6.45, 7) is 10.2. The van der Waals surface area contributed by atoms with Gasteiger partial charge >= 0.3 is 0 Å². The van der Waals surface area contributed by atoms with E-state index in [1.807, 2.05) is 61.7 Å². The molecule has 4 amide bonds. The van der Waals surface area contributed by atoms with Gasteiger partial charge in [0, 0.05) is 37.2 Å². The van der Waals surface area contributed by atoms with Crippen LogP contribution in [-0.2, 0) is 32.1 Å². The zero-order chi connectivity index (χ0) is 29.9. The fraction of sp³-hybridized carbons (Fsp3) is 0.517. The van der Waals surface area contributed by atoms with E-state index in [9.17, 15) is 24.3 Å². The molecule has 5 N–H and O–H groups in total. The Labute approximate surface area is 240 Å². The maximum atomic E-state index is 13.4. The number of nitrogens with zero attached hydrogens (tertiary/aromatic N) is 1. The first-order valence-electron chi connectivity index (χ1n) is 13.5. The molecule has 0 aliphatic carbocycles. The van der Waals surface area contributed by atoms with Gasteiger partial charge in [0.15, 0.2) is 0 Å². The number of nitrogens with one attached hydrogen (secondary N) is 4. The predicted molar refractivity (Wildman–Crippen MR) is 156 cm³/mol. The number of benzene rings is 1. The van der Waals surface area contributed by atoms with E-state index in [1.165, 1.54) is 25.2 Å². The van der Waals surface area contributed by atoms with Crippen LogP contribution in [0, 0.1) is 11.8 Å². The summed E-state index contributed by atoms with van der Waals surface area (Å²) < 4.78 is 0. The summed E-state index contributed by atoms with van der Waals surface area (Å²) in [6.07, 6.45) is 1.13. The third-order valence-corrected chi connectivity index (χ3v) is 7.31. The summed E-state index contributed by atoms with van der Waals surface area (Å²) >= 11 is 1.53. The van der Waals surface area contributed by atoms with E-state index in [0.29, 0.717) is 19.4 Å². The van der Waals surface area contributed by atoms with Gasteiger partial charge in [0.05, 0.1) is 6.54 Å². The highest BCUT2D eigenvalue weighted by molar-refractivity contribution is 7.09. The van der Waals surface area contributed by atoms with E-state index in [4.69, 9.17) is 0 Å². The van der Waals surface area contributed by atoms with Gasteiger partial charge in [-0.05, 0) is 35.8 Å². The monoisotopic (exact) mass is 573 g/mol. The van der Waals surface area contributed by atoms with Gasteiger partial charge < -0.3 is 21.1 Å². The molecule has 0 bridgehead atoms. The van der Waals surface area contributed by atoms with Crippen molar-refractivity contribution in [1.82, 2.24) is 26.4 Å². The molecule has 0 radical (unpaired) electrons. The molecule has 0 spiro atoms. The van der Waals surface area contributed by atoms with Crippen molar-refractivity contribution in [3.05, 3.63) is 58.3 Å². The Morgan fingerprint density at radius 1 is 0.950 bits per heavy atom. The molecule has 2 aromatic rings. The van der Waals surface area contributed by atoms with E-state index >= 15 is 0 Å². The van der Waals surface area contributed by atoms with E-state index in [0.717, 1.165) is 10.4 Å². The molecule has 1 heterocycles. The zero-order valence-electron chi connectivity index (χ0n) is 24.2. The van der Waals surface area contributed by atoms with Crippen molar-refractivity contribution >= 4 is 35.0 Å². The Bertz CT molecular complexity index is 1110. The summed E-state index contributed by atoms with van der Waals surface area (Å²) in [5.74, 6) is -2.69. The van der Waals surface area contributed by atoms with Gasteiger partial charge in [-0.1, -0.05) is 64.1 Å². The molecule has 40 heavy (non-hydrogen) atoms. The van der Waals surface area contributed by atoms with Crippen LogP contribution in [0.25, 0.3) is 0 Å². The number of hydrogen-bond donors (Lipinski definition) is 5. The molecule has 2 rings (SSSR count). The van der Waals surface area contributed by atoms with E-state index in [-0.39, 0.29) is 24.3 Å². The summed E-state index contributed by atoms with van der Waals surface area (Å²) in [4.78, 5) is 51.2. The Kier molecular flexibility index (Phi) is 12.8. The third-order valence-electron chi connectivity index (χ3n) is 6.45. The zero-order valence-corrected chi connectivity index (χ0v) is 25.0. The van der Waals surface area contributed by atoms with Crippen LogP contribution in [-0.4, -0.2) is 58.1 Å². The highest BCUT2D eigenvalue weighted by Crippen LogP contribution is 2.17. The predicted octanol–water partition coefficient (Wildman–Crippen LogP) is 2.34. The molecular formula is C29H43N5O5S. The van der Waals surface area contributed by atoms with Gasteiger partial charge in [-0.2, -0.15) is 0 Å². The summed E-state index contributed by atoms with van der Waals surface area (Å²) in [6, 6.07) is 12.4. The van der Waals surface area contributed by atoms with Crippen molar-refractivity contribution in [3.8, 4) is 0 Å². The Morgan fingerprint density at radius 2 is 1.62 bits per heavy atom. The molecule has 0 fully saturated rings. The number of rotatable bonds is 15. The van der Waals surface area contributed by atoms with Crippen molar-refractivity contribution in [3.63, 3.8) is 0 Å². The second kappa shape index (κ2) is 15.5. The number of amides is 4. The van der Waals surface area contributed by atoms with E-state index < -0.39 is 35.5 Å². The van der Waals surface area contributed by atoms with Crippen LogP contribution in [0.5, 0.6) is 0 Å². The number of hydrazine groups is 1. The van der Waals surface area contributed by atoms with Crippen molar-refractivity contribution in [1.29, 1.82) is 0 Å². The Balaban J connectivity index is 2.34. The minimum Gasteiger partial charge on any atom is -0.363 e. The Morgan fingerprint density at radius 3 is 2.15 bits per heavy atom. The van der Waals surface area contributed by atoms with Crippen LogP contribution in [0.3, 0.4) is 0 Å². The molecule has 1 aromatic heterocycles. The van der Waals surface area contributed by atoms with Gasteiger partial charge in [0.25, 0.3) is 11.8 Å². The molecule has 3 atom stereocenters. The Hall–Kier alpha value is -3.28. The first-order chi connectivity index (χ1) is 18.8. The molecule has 0 unspecified atom stereocenters. The fourth-order valence-electron chi connectivity index (χ4n) is 4.21. The highest BCUT2D eigenvalue weighted by Gasteiger charge is 2.41. The second-order valence-corrected chi connectivity index (χ2v) is 11.7. The number of hydrogen-bond acceptors (Lipinski definition) is 7.